The van der Waals surface area contributed by atoms with Crippen LogP contribution < -0.4 is 4.90 Å². The van der Waals surface area contributed by atoms with E-state index in [1.54, 1.807) is 11.2 Å². The Morgan fingerprint density at radius 3 is 2.43 bits per heavy atom. The maximum absolute atomic E-state index is 13.0. The van der Waals surface area contributed by atoms with Gasteiger partial charge in [-0.3, -0.25) is 4.79 Å². The second kappa shape index (κ2) is 6.54. The molecule has 4 aromatic carbocycles. The van der Waals surface area contributed by atoms with Gasteiger partial charge in [-0.05, 0) is 39.7 Å². The number of amides is 1. The van der Waals surface area contributed by atoms with Crippen LogP contribution in [0, 0.1) is 0 Å². The Kier molecular flexibility index (Phi) is 3.87. The summed E-state index contributed by atoms with van der Waals surface area (Å²) in [5, 5.41) is 5.58. The molecular formula is C25H19NO2. The lowest BCUT2D eigenvalue weighted by atomic mass is 10.0. The van der Waals surface area contributed by atoms with Crippen LogP contribution in [-0.2, 0) is 11.2 Å². The molecule has 1 heterocycles. The van der Waals surface area contributed by atoms with Gasteiger partial charge in [-0.2, -0.15) is 0 Å². The minimum absolute atomic E-state index is 0.0333. The molecule has 0 aliphatic heterocycles. The fourth-order valence-corrected chi connectivity index (χ4v) is 3.82. The molecule has 1 amide bonds. The lowest BCUT2D eigenvalue weighted by Gasteiger charge is -2.18. The molecule has 0 atom stereocenters. The number of anilines is 1. The van der Waals surface area contributed by atoms with E-state index in [2.05, 4.69) is 36.4 Å². The van der Waals surface area contributed by atoms with Gasteiger partial charge in [0.2, 0.25) is 5.91 Å². The van der Waals surface area contributed by atoms with Crippen molar-refractivity contribution in [1.29, 1.82) is 0 Å². The summed E-state index contributed by atoms with van der Waals surface area (Å²) >= 11 is 0. The molecule has 3 heteroatoms. The van der Waals surface area contributed by atoms with Crippen LogP contribution in [0.3, 0.4) is 0 Å². The predicted octanol–water partition coefficient (Wildman–Crippen LogP) is 5.94. The predicted molar refractivity (Wildman–Crippen MR) is 115 cm³/mol. The minimum Gasteiger partial charge on any atom is -0.464 e. The second-order valence-electron chi connectivity index (χ2n) is 7.08. The van der Waals surface area contributed by atoms with Crippen LogP contribution >= 0.6 is 0 Å². The van der Waals surface area contributed by atoms with Gasteiger partial charge in [-0.1, -0.05) is 60.7 Å². The Balaban J connectivity index is 1.50. The van der Waals surface area contributed by atoms with Crippen LogP contribution in [-0.4, -0.2) is 13.0 Å². The summed E-state index contributed by atoms with van der Waals surface area (Å²) in [5.74, 6) is 0.0333. The van der Waals surface area contributed by atoms with Gasteiger partial charge in [0.25, 0.3) is 0 Å². The average Bonchev–Trinajstić information content (AvgIpc) is 3.16. The monoisotopic (exact) mass is 365 g/mol. The summed E-state index contributed by atoms with van der Waals surface area (Å²) in [4.78, 5) is 14.7. The first-order chi connectivity index (χ1) is 13.7. The fraction of sp³-hybridized carbons (Fsp3) is 0.0800. The first kappa shape index (κ1) is 16.6. The molecule has 5 aromatic rings. The average molecular weight is 365 g/mol. The molecule has 3 nitrogen and oxygen atoms in total. The van der Waals surface area contributed by atoms with Crippen LogP contribution in [0.2, 0.25) is 0 Å². The lowest BCUT2D eigenvalue weighted by Crippen LogP contribution is -2.27. The van der Waals surface area contributed by atoms with Crippen LogP contribution in [0.4, 0.5) is 5.69 Å². The Hall–Kier alpha value is -3.59. The van der Waals surface area contributed by atoms with E-state index < -0.39 is 0 Å². The van der Waals surface area contributed by atoms with Crippen LogP contribution in [0.25, 0.3) is 32.5 Å². The summed E-state index contributed by atoms with van der Waals surface area (Å²) in [6.07, 6.45) is 2.01. The summed E-state index contributed by atoms with van der Waals surface area (Å²) in [6.45, 7) is 0. The van der Waals surface area contributed by atoms with E-state index in [1.807, 2.05) is 49.5 Å². The van der Waals surface area contributed by atoms with Gasteiger partial charge >= 0.3 is 0 Å². The molecule has 0 aliphatic carbocycles. The molecule has 28 heavy (non-hydrogen) atoms. The molecule has 5 rings (SSSR count). The fourth-order valence-electron chi connectivity index (χ4n) is 3.82. The third-order valence-electron chi connectivity index (χ3n) is 5.38. The van der Waals surface area contributed by atoms with E-state index >= 15 is 0 Å². The number of nitrogens with zero attached hydrogens (tertiary/aromatic N) is 1. The van der Waals surface area contributed by atoms with Gasteiger partial charge < -0.3 is 9.32 Å². The van der Waals surface area contributed by atoms with Crippen molar-refractivity contribution in [2.45, 2.75) is 6.42 Å². The van der Waals surface area contributed by atoms with Gasteiger partial charge in [0.1, 0.15) is 5.58 Å². The van der Waals surface area contributed by atoms with E-state index in [1.165, 1.54) is 5.39 Å². The maximum atomic E-state index is 13.0. The number of furan rings is 1. The number of likely N-dealkylation sites (N-methyl/N-ethyl adjacent to an activating group) is 1. The third-order valence-corrected chi connectivity index (χ3v) is 5.38. The van der Waals surface area contributed by atoms with Gasteiger partial charge in [-0.15, -0.1) is 0 Å². The zero-order valence-electron chi connectivity index (χ0n) is 15.6. The van der Waals surface area contributed by atoms with E-state index in [-0.39, 0.29) is 5.91 Å². The number of benzene rings is 4. The standard InChI is InChI=1S/C25H19NO2/c1-26(21-12-10-17-6-2-3-8-19(17)14-21)24(27)15-20-16-28-23-13-11-18-7-4-5-9-22(18)25(20)23/h2-14,16H,15H2,1H3. The zero-order valence-corrected chi connectivity index (χ0v) is 15.6. The molecule has 0 radical (unpaired) electrons. The second-order valence-corrected chi connectivity index (χ2v) is 7.08. The molecule has 0 spiro atoms. The van der Waals surface area contributed by atoms with Gasteiger partial charge in [0, 0.05) is 23.7 Å². The van der Waals surface area contributed by atoms with Crippen molar-refractivity contribution in [3.63, 3.8) is 0 Å². The number of fused-ring (bicyclic) bond motifs is 4. The van der Waals surface area contributed by atoms with E-state index in [4.69, 9.17) is 4.42 Å². The van der Waals surface area contributed by atoms with Crippen molar-refractivity contribution in [3.05, 3.63) is 90.7 Å². The number of carbonyl (C=O) groups excluding carboxylic acids is 1. The summed E-state index contributed by atoms with van der Waals surface area (Å²) in [5.41, 5.74) is 2.63. The number of hydrogen-bond acceptors (Lipinski definition) is 2. The number of rotatable bonds is 3. The van der Waals surface area contributed by atoms with Crippen LogP contribution in [0.15, 0.2) is 89.5 Å². The van der Waals surface area contributed by atoms with Crippen molar-refractivity contribution in [2.75, 3.05) is 11.9 Å². The first-order valence-electron chi connectivity index (χ1n) is 9.34. The first-order valence-corrected chi connectivity index (χ1v) is 9.34. The number of carbonyl (C=O) groups is 1. The Morgan fingerprint density at radius 1 is 0.857 bits per heavy atom. The molecule has 1 aromatic heterocycles. The van der Waals surface area contributed by atoms with Crippen molar-refractivity contribution in [1.82, 2.24) is 0 Å². The molecule has 0 fully saturated rings. The van der Waals surface area contributed by atoms with Gasteiger partial charge in [0.15, 0.2) is 0 Å². The molecule has 0 N–H and O–H groups in total. The lowest BCUT2D eigenvalue weighted by molar-refractivity contribution is -0.117. The van der Waals surface area contributed by atoms with Crippen molar-refractivity contribution >= 4 is 44.1 Å². The quantitative estimate of drug-likeness (QED) is 0.396. The summed E-state index contributed by atoms with van der Waals surface area (Å²) < 4.78 is 5.73. The normalized spacial score (nSPS) is 11.3. The molecule has 0 aliphatic rings. The Morgan fingerprint density at radius 2 is 1.57 bits per heavy atom. The molecule has 0 saturated carbocycles. The molecule has 0 saturated heterocycles. The topological polar surface area (TPSA) is 33.5 Å². The SMILES string of the molecule is CN(C(=O)Cc1coc2ccc3ccccc3c12)c1ccc2ccccc2c1. The third kappa shape index (κ3) is 2.72. The Labute approximate surface area is 162 Å². The molecular weight excluding hydrogens is 346 g/mol. The van der Waals surface area contributed by atoms with Crippen molar-refractivity contribution in [2.24, 2.45) is 0 Å². The largest absolute Gasteiger partial charge is 0.464 e. The van der Waals surface area contributed by atoms with Crippen molar-refractivity contribution < 1.29 is 9.21 Å². The Bertz CT molecular complexity index is 1330. The molecule has 0 unspecified atom stereocenters. The summed E-state index contributed by atoms with van der Waals surface area (Å²) in [6, 6.07) is 26.5. The highest BCUT2D eigenvalue weighted by molar-refractivity contribution is 6.09. The number of hydrogen-bond donors (Lipinski definition) is 0. The molecule has 136 valence electrons. The van der Waals surface area contributed by atoms with Crippen LogP contribution in [0.5, 0.6) is 0 Å². The van der Waals surface area contributed by atoms with E-state index in [0.29, 0.717) is 6.42 Å². The summed E-state index contributed by atoms with van der Waals surface area (Å²) in [7, 11) is 1.83. The highest BCUT2D eigenvalue weighted by atomic mass is 16.3. The van der Waals surface area contributed by atoms with E-state index in [9.17, 15) is 4.79 Å². The van der Waals surface area contributed by atoms with Gasteiger partial charge in [0.05, 0.1) is 12.7 Å². The van der Waals surface area contributed by atoms with Crippen LogP contribution in [0.1, 0.15) is 5.56 Å². The maximum Gasteiger partial charge on any atom is 0.231 e. The highest BCUT2D eigenvalue weighted by Gasteiger charge is 2.17. The van der Waals surface area contributed by atoms with E-state index in [0.717, 1.165) is 38.4 Å². The highest BCUT2D eigenvalue weighted by Crippen LogP contribution is 2.31. The minimum atomic E-state index is 0.0333. The zero-order chi connectivity index (χ0) is 19.1. The van der Waals surface area contributed by atoms with Gasteiger partial charge in [-0.25, -0.2) is 0 Å². The van der Waals surface area contributed by atoms with Crippen molar-refractivity contribution in [3.8, 4) is 0 Å². The smallest absolute Gasteiger partial charge is 0.231 e. The molecule has 0 bridgehead atoms.